The summed E-state index contributed by atoms with van der Waals surface area (Å²) < 4.78 is 0. The van der Waals surface area contributed by atoms with Crippen molar-refractivity contribution in [2.75, 3.05) is 6.54 Å². The van der Waals surface area contributed by atoms with Crippen LogP contribution in [0.15, 0.2) is 48.5 Å². The predicted molar refractivity (Wildman–Crippen MR) is 103 cm³/mol. The van der Waals surface area contributed by atoms with Crippen molar-refractivity contribution >= 4 is 29.8 Å². The molecule has 1 unspecified atom stereocenters. The number of aromatic carboxylic acids is 2. The second-order valence-electron chi connectivity index (χ2n) is 5.95. The molecular formula is C19H18N4O7. The van der Waals surface area contributed by atoms with Crippen LogP contribution in [0.25, 0.3) is 0 Å². The molecular weight excluding hydrogens is 396 g/mol. The van der Waals surface area contributed by atoms with Crippen LogP contribution in [-0.4, -0.2) is 52.7 Å². The van der Waals surface area contributed by atoms with Crippen LogP contribution in [0.5, 0.6) is 0 Å². The van der Waals surface area contributed by atoms with Crippen molar-refractivity contribution in [3.8, 4) is 0 Å². The van der Waals surface area contributed by atoms with Crippen molar-refractivity contribution in [3.63, 3.8) is 0 Å². The number of carbonyl (C=O) groups excluding carboxylic acids is 3. The minimum atomic E-state index is -1.32. The summed E-state index contributed by atoms with van der Waals surface area (Å²) in [6, 6.07) is 9.90. The van der Waals surface area contributed by atoms with Gasteiger partial charge in [-0.1, -0.05) is 24.3 Å². The number of urea groups is 1. The van der Waals surface area contributed by atoms with Crippen LogP contribution in [0.3, 0.4) is 0 Å². The van der Waals surface area contributed by atoms with Gasteiger partial charge < -0.3 is 31.9 Å². The Morgan fingerprint density at radius 1 is 0.733 bits per heavy atom. The first kappa shape index (κ1) is 21.9. The zero-order chi connectivity index (χ0) is 22.3. The number of carboxylic acid groups (broad SMARTS) is 2. The van der Waals surface area contributed by atoms with Gasteiger partial charge in [-0.2, -0.15) is 0 Å². The minimum Gasteiger partial charge on any atom is -0.478 e. The van der Waals surface area contributed by atoms with Gasteiger partial charge in [0.2, 0.25) is 0 Å². The minimum absolute atomic E-state index is 0.120. The lowest BCUT2D eigenvalue weighted by Crippen LogP contribution is -2.55. The summed E-state index contributed by atoms with van der Waals surface area (Å²) in [7, 11) is 0. The molecule has 0 saturated heterocycles. The average Bonchev–Trinajstić information content (AvgIpc) is 2.71. The highest BCUT2D eigenvalue weighted by Crippen LogP contribution is 2.10. The van der Waals surface area contributed by atoms with Crippen molar-refractivity contribution in [2.24, 2.45) is 5.73 Å². The van der Waals surface area contributed by atoms with Crippen molar-refractivity contribution in [3.05, 3.63) is 70.8 Å². The highest BCUT2D eigenvalue weighted by Gasteiger charge is 2.21. The average molecular weight is 414 g/mol. The molecule has 0 aliphatic rings. The van der Waals surface area contributed by atoms with Gasteiger partial charge in [-0.3, -0.25) is 9.59 Å². The Labute approximate surface area is 169 Å². The van der Waals surface area contributed by atoms with E-state index in [0.29, 0.717) is 0 Å². The summed E-state index contributed by atoms with van der Waals surface area (Å²) in [6.07, 6.45) is -1.20. The fraction of sp³-hybridized carbons (Fsp3) is 0.105. The molecule has 2 rings (SSSR count). The highest BCUT2D eigenvalue weighted by molar-refractivity contribution is 6.05. The third-order valence-corrected chi connectivity index (χ3v) is 3.89. The van der Waals surface area contributed by atoms with E-state index in [1.54, 1.807) is 0 Å². The summed E-state index contributed by atoms with van der Waals surface area (Å²) >= 11 is 0. The number of primary amides is 1. The maximum atomic E-state index is 12.5. The number of benzene rings is 2. The molecule has 11 nitrogen and oxygen atoms in total. The second-order valence-corrected chi connectivity index (χ2v) is 5.95. The van der Waals surface area contributed by atoms with Gasteiger partial charge in [0.15, 0.2) is 0 Å². The number of hydrogen-bond donors (Lipinski definition) is 6. The number of nitrogens with one attached hydrogen (secondary N) is 3. The summed E-state index contributed by atoms with van der Waals surface area (Å²) in [4.78, 5) is 58.6. The smallest absolute Gasteiger partial charge is 0.336 e. The molecule has 0 bridgehead atoms. The van der Waals surface area contributed by atoms with Crippen LogP contribution < -0.4 is 21.7 Å². The zero-order valence-corrected chi connectivity index (χ0v) is 15.4. The monoisotopic (exact) mass is 414 g/mol. The number of nitrogens with two attached hydrogens (primary N) is 1. The molecule has 0 aliphatic heterocycles. The number of hydrogen-bond acceptors (Lipinski definition) is 5. The third-order valence-electron chi connectivity index (χ3n) is 3.89. The summed E-state index contributed by atoms with van der Waals surface area (Å²) in [6.45, 7) is -0.350. The predicted octanol–water partition coefficient (Wildman–Crippen LogP) is 0.237. The van der Waals surface area contributed by atoms with E-state index < -0.39 is 35.9 Å². The lowest BCUT2D eigenvalue weighted by atomic mass is 10.1. The first-order chi connectivity index (χ1) is 14.2. The second kappa shape index (κ2) is 9.68. The topological polar surface area (TPSA) is 188 Å². The molecule has 156 valence electrons. The van der Waals surface area contributed by atoms with Crippen LogP contribution in [0, 0.1) is 0 Å². The molecule has 0 radical (unpaired) electrons. The highest BCUT2D eigenvalue weighted by atomic mass is 16.4. The van der Waals surface area contributed by atoms with Crippen LogP contribution in [0.1, 0.15) is 41.4 Å². The molecule has 2 aromatic carbocycles. The van der Waals surface area contributed by atoms with E-state index in [-0.39, 0.29) is 28.8 Å². The molecule has 0 saturated carbocycles. The van der Waals surface area contributed by atoms with Gasteiger partial charge in [0, 0.05) is 0 Å². The first-order valence-corrected chi connectivity index (χ1v) is 8.50. The SMILES string of the molecule is NC(=O)NC(CNC(=O)c1ccccc1C(=O)O)NC(=O)c1ccccc1C(=O)O. The quantitative estimate of drug-likeness (QED) is 0.333. The summed E-state index contributed by atoms with van der Waals surface area (Å²) in [5.74, 6) is -4.21. The fourth-order valence-electron chi connectivity index (χ4n) is 2.57. The van der Waals surface area contributed by atoms with Crippen LogP contribution in [-0.2, 0) is 0 Å². The molecule has 7 N–H and O–H groups in total. The molecule has 30 heavy (non-hydrogen) atoms. The Morgan fingerprint density at radius 2 is 1.17 bits per heavy atom. The van der Waals surface area contributed by atoms with E-state index in [0.717, 1.165) is 0 Å². The number of carboxylic acids is 2. The molecule has 0 fully saturated rings. The number of amides is 4. The lowest BCUT2D eigenvalue weighted by molar-refractivity contribution is 0.0681. The van der Waals surface area contributed by atoms with Crippen molar-refractivity contribution in [1.29, 1.82) is 0 Å². The van der Waals surface area contributed by atoms with Gasteiger partial charge in [0.25, 0.3) is 11.8 Å². The Balaban J connectivity index is 2.15. The van der Waals surface area contributed by atoms with Gasteiger partial charge in [0.05, 0.1) is 28.8 Å². The Hall–Kier alpha value is -4.41. The van der Waals surface area contributed by atoms with Crippen molar-refractivity contribution in [1.82, 2.24) is 16.0 Å². The van der Waals surface area contributed by atoms with E-state index in [2.05, 4.69) is 16.0 Å². The van der Waals surface area contributed by atoms with Gasteiger partial charge in [-0.15, -0.1) is 0 Å². The van der Waals surface area contributed by atoms with E-state index in [9.17, 15) is 29.1 Å². The molecule has 0 spiro atoms. The van der Waals surface area contributed by atoms with Crippen molar-refractivity contribution in [2.45, 2.75) is 6.17 Å². The van der Waals surface area contributed by atoms with Gasteiger partial charge in [-0.25, -0.2) is 14.4 Å². The lowest BCUT2D eigenvalue weighted by Gasteiger charge is -2.20. The normalized spacial score (nSPS) is 11.1. The van der Waals surface area contributed by atoms with E-state index in [1.165, 1.54) is 48.5 Å². The summed E-state index contributed by atoms with van der Waals surface area (Å²) in [5.41, 5.74) is 4.31. The number of carbonyl (C=O) groups is 5. The Kier molecular flexibility index (Phi) is 7.06. The standard InChI is InChI=1S/C19H18N4O7/c20-19(30)23-14(22-16(25)11-6-2-4-8-13(11)18(28)29)9-21-15(24)10-5-1-3-7-12(10)17(26)27/h1-8,14H,9H2,(H,21,24)(H,22,25)(H,26,27)(H,28,29)(H3,20,23,30). The molecule has 4 amide bonds. The molecule has 11 heteroatoms. The van der Waals surface area contributed by atoms with E-state index in [1.807, 2.05) is 0 Å². The molecule has 0 aliphatic carbocycles. The Bertz CT molecular complexity index is 1010. The first-order valence-electron chi connectivity index (χ1n) is 8.50. The largest absolute Gasteiger partial charge is 0.478 e. The van der Waals surface area contributed by atoms with Crippen LogP contribution in [0.4, 0.5) is 4.79 Å². The molecule has 2 aromatic rings. The number of rotatable bonds is 8. The van der Waals surface area contributed by atoms with E-state index in [4.69, 9.17) is 10.8 Å². The maximum Gasteiger partial charge on any atom is 0.336 e. The maximum absolute atomic E-state index is 12.5. The van der Waals surface area contributed by atoms with Gasteiger partial charge in [0.1, 0.15) is 6.17 Å². The molecule has 0 heterocycles. The van der Waals surface area contributed by atoms with Crippen LogP contribution in [0.2, 0.25) is 0 Å². The third kappa shape index (κ3) is 5.55. The van der Waals surface area contributed by atoms with Gasteiger partial charge in [-0.05, 0) is 24.3 Å². The van der Waals surface area contributed by atoms with Gasteiger partial charge >= 0.3 is 18.0 Å². The fourth-order valence-corrected chi connectivity index (χ4v) is 2.57. The Morgan fingerprint density at radius 3 is 1.60 bits per heavy atom. The van der Waals surface area contributed by atoms with Crippen LogP contribution >= 0.6 is 0 Å². The molecule has 0 aromatic heterocycles. The van der Waals surface area contributed by atoms with E-state index >= 15 is 0 Å². The summed E-state index contributed by atoms with van der Waals surface area (Å²) in [5, 5.41) is 25.3. The molecule has 1 atom stereocenters. The zero-order valence-electron chi connectivity index (χ0n) is 15.4. The van der Waals surface area contributed by atoms with Crippen molar-refractivity contribution < 1.29 is 34.2 Å².